The highest BCUT2D eigenvalue weighted by Gasteiger charge is 2.28. The Hall–Kier alpha value is -0.220. The maximum atomic E-state index is 10.9. The van der Waals surface area contributed by atoms with Crippen LogP contribution in [0, 0.1) is 5.92 Å². The molecule has 3 unspecified atom stereocenters. The number of aliphatic carboxylic acids is 1. The van der Waals surface area contributed by atoms with Gasteiger partial charge in [-0.3, -0.25) is 9.69 Å². The Morgan fingerprint density at radius 3 is 2.81 bits per heavy atom. The molecule has 0 aliphatic carbocycles. The lowest BCUT2D eigenvalue weighted by Crippen LogP contribution is -2.45. The lowest BCUT2D eigenvalue weighted by Gasteiger charge is -2.38. The minimum absolute atomic E-state index is 0.265. The molecule has 1 N–H and O–H groups in total. The van der Waals surface area contributed by atoms with E-state index in [0.29, 0.717) is 17.8 Å². The Labute approximate surface area is 103 Å². The lowest BCUT2D eigenvalue weighted by molar-refractivity contribution is -0.141. The zero-order valence-electron chi connectivity index (χ0n) is 10.5. The van der Waals surface area contributed by atoms with Crippen LogP contribution < -0.4 is 0 Å². The fourth-order valence-corrected chi connectivity index (χ4v) is 3.55. The van der Waals surface area contributed by atoms with Crippen molar-refractivity contribution in [3.63, 3.8) is 0 Å². The molecule has 3 nitrogen and oxygen atoms in total. The molecule has 0 bridgehead atoms. The van der Waals surface area contributed by atoms with Crippen LogP contribution in [0.25, 0.3) is 0 Å². The van der Waals surface area contributed by atoms with E-state index >= 15 is 0 Å². The normalized spacial score (nSPS) is 28.0. The maximum absolute atomic E-state index is 10.9. The zero-order chi connectivity index (χ0) is 12.1. The molecule has 4 heteroatoms. The third-order valence-electron chi connectivity index (χ3n) is 3.37. The molecule has 0 spiro atoms. The Morgan fingerprint density at radius 2 is 2.31 bits per heavy atom. The number of hydrogen-bond acceptors (Lipinski definition) is 3. The highest BCUT2D eigenvalue weighted by molar-refractivity contribution is 7.99. The van der Waals surface area contributed by atoms with Gasteiger partial charge in [-0.15, -0.1) is 0 Å². The first kappa shape index (κ1) is 13.8. The highest BCUT2D eigenvalue weighted by Crippen LogP contribution is 2.29. The summed E-state index contributed by atoms with van der Waals surface area (Å²) in [6, 6.07) is 0.561. The predicted molar refractivity (Wildman–Crippen MR) is 69.0 cm³/mol. The van der Waals surface area contributed by atoms with Crippen molar-refractivity contribution in [3.05, 3.63) is 0 Å². The van der Waals surface area contributed by atoms with Crippen LogP contribution in [-0.2, 0) is 4.79 Å². The van der Waals surface area contributed by atoms with E-state index in [1.807, 2.05) is 11.8 Å². The minimum Gasteiger partial charge on any atom is -0.481 e. The van der Waals surface area contributed by atoms with Gasteiger partial charge in [-0.1, -0.05) is 20.8 Å². The van der Waals surface area contributed by atoms with Crippen molar-refractivity contribution in [1.29, 1.82) is 0 Å². The first-order chi connectivity index (χ1) is 7.56. The van der Waals surface area contributed by atoms with Gasteiger partial charge in [0.15, 0.2) is 0 Å². The number of carbonyl (C=O) groups is 1. The second kappa shape index (κ2) is 6.50. The third-order valence-corrected chi connectivity index (χ3v) is 4.74. The molecule has 0 aromatic heterocycles. The van der Waals surface area contributed by atoms with Gasteiger partial charge in [-0.25, -0.2) is 0 Å². The second-order valence-corrected chi connectivity index (χ2v) is 6.10. The summed E-state index contributed by atoms with van der Waals surface area (Å²) in [7, 11) is 0. The van der Waals surface area contributed by atoms with E-state index in [2.05, 4.69) is 18.7 Å². The number of rotatable bonds is 5. The first-order valence-corrected chi connectivity index (χ1v) is 7.19. The van der Waals surface area contributed by atoms with Gasteiger partial charge in [0, 0.05) is 17.8 Å². The van der Waals surface area contributed by atoms with Crippen molar-refractivity contribution >= 4 is 17.7 Å². The number of nitrogens with zero attached hydrogens (tertiary/aromatic N) is 1. The summed E-state index contributed by atoms with van der Waals surface area (Å²) >= 11 is 2.02. The summed E-state index contributed by atoms with van der Waals surface area (Å²) in [6.07, 6.45) is 2.48. The molecular weight excluding hydrogens is 222 g/mol. The van der Waals surface area contributed by atoms with Gasteiger partial charge in [0.1, 0.15) is 0 Å². The summed E-state index contributed by atoms with van der Waals surface area (Å²) in [5.41, 5.74) is 0. The van der Waals surface area contributed by atoms with E-state index in [0.717, 1.165) is 6.54 Å². The van der Waals surface area contributed by atoms with Crippen LogP contribution >= 0.6 is 11.8 Å². The zero-order valence-corrected chi connectivity index (χ0v) is 11.3. The fourth-order valence-electron chi connectivity index (χ4n) is 2.32. The van der Waals surface area contributed by atoms with Crippen LogP contribution in [0.15, 0.2) is 0 Å². The van der Waals surface area contributed by atoms with Gasteiger partial charge in [0.25, 0.3) is 0 Å². The molecule has 1 fully saturated rings. The van der Waals surface area contributed by atoms with E-state index in [1.54, 1.807) is 6.92 Å². The minimum atomic E-state index is -0.686. The summed E-state index contributed by atoms with van der Waals surface area (Å²) in [6.45, 7) is 7.82. The number of hydrogen-bond donors (Lipinski definition) is 1. The Balaban J connectivity index is 2.55. The van der Waals surface area contributed by atoms with E-state index in [-0.39, 0.29) is 5.92 Å². The molecule has 1 heterocycles. The van der Waals surface area contributed by atoms with Crippen LogP contribution in [0.4, 0.5) is 0 Å². The lowest BCUT2D eigenvalue weighted by atomic mass is 10.0. The van der Waals surface area contributed by atoms with Crippen LogP contribution in [0.5, 0.6) is 0 Å². The molecule has 1 saturated heterocycles. The summed E-state index contributed by atoms with van der Waals surface area (Å²) < 4.78 is 0. The number of carboxylic acid groups (broad SMARTS) is 1. The van der Waals surface area contributed by atoms with Crippen molar-refractivity contribution in [2.24, 2.45) is 5.92 Å². The molecule has 0 saturated carbocycles. The third kappa shape index (κ3) is 3.67. The topological polar surface area (TPSA) is 40.5 Å². The molecular formula is C12H23NO2S. The van der Waals surface area contributed by atoms with Gasteiger partial charge >= 0.3 is 5.97 Å². The molecule has 1 rings (SSSR count). The summed E-state index contributed by atoms with van der Waals surface area (Å²) in [5, 5.41) is 9.59. The molecule has 1 aliphatic heterocycles. The van der Waals surface area contributed by atoms with Crippen LogP contribution in [-0.4, -0.2) is 46.1 Å². The smallest absolute Gasteiger partial charge is 0.307 e. The Kier molecular flexibility index (Phi) is 5.62. The Bertz CT molecular complexity index is 235. The van der Waals surface area contributed by atoms with Gasteiger partial charge < -0.3 is 5.11 Å². The van der Waals surface area contributed by atoms with E-state index in [9.17, 15) is 4.79 Å². The molecule has 0 aromatic rings. The number of thioether (sulfide) groups is 1. The molecule has 1 aliphatic rings. The monoisotopic (exact) mass is 245 g/mol. The van der Waals surface area contributed by atoms with E-state index < -0.39 is 5.97 Å². The molecule has 0 aromatic carbocycles. The van der Waals surface area contributed by atoms with Crippen LogP contribution in [0.2, 0.25) is 0 Å². The molecule has 0 amide bonds. The Morgan fingerprint density at radius 1 is 1.62 bits per heavy atom. The first-order valence-electron chi connectivity index (χ1n) is 6.14. The van der Waals surface area contributed by atoms with E-state index in [4.69, 9.17) is 5.11 Å². The average molecular weight is 245 g/mol. The van der Waals surface area contributed by atoms with Crippen LogP contribution in [0.3, 0.4) is 0 Å². The largest absolute Gasteiger partial charge is 0.481 e. The maximum Gasteiger partial charge on any atom is 0.307 e. The number of carboxylic acids is 1. The van der Waals surface area contributed by atoms with Crippen molar-refractivity contribution in [2.45, 2.75) is 44.9 Å². The quantitative estimate of drug-likeness (QED) is 0.807. The van der Waals surface area contributed by atoms with Gasteiger partial charge in [0.05, 0.1) is 5.92 Å². The van der Waals surface area contributed by atoms with Crippen molar-refractivity contribution in [3.8, 4) is 0 Å². The van der Waals surface area contributed by atoms with Gasteiger partial charge in [-0.2, -0.15) is 11.8 Å². The van der Waals surface area contributed by atoms with Crippen molar-refractivity contribution in [1.82, 2.24) is 4.90 Å². The predicted octanol–water partition coefficient (Wildman–Crippen LogP) is 2.31. The highest BCUT2D eigenvalue weighted by atomic mass is 32.2. The standard InChI is InChI=1S/C12H23NO2S/c1-4-13(8-9(2)12(14)15)11-6-5-7-16-10(11)3/h9-11H,4-8H2,1-3H3,(H,14,15). The second-order valence-electron chi connectivity index (χ2n) is 4.61. The van der Waals surface area contributed by atoms with Crippen LogP contribution in [0.1, 0.15) is 33.6 Å². The molecule has 3 atom stereocenters. The van der Waals surface area contributed by atoms with Gasteiger partial charge in [0.2, 0.25) is 0 Å². The van der Waals surface area contributed by atoms with Gasteiger partial charge in [-0.05, 0) is 25.1 Å². The van der Waals surface area contributed by atoms with Crippen molar-refractivity contribution in [2.75, 3.05) is 18.8 Å². The molecule has 0 radical (unpaired) electrons. The molecule has 16 heavy (non-hydrogen) atoms. The van der Waals surface area contributed by atoms with E-state index in [1.165, 1.54) is 18.6 Å². The summed E-state index contributed by atoms with van der Waals surface area (Å²) in [5.74, 6) is 0.303. The average Bonchev–Trinajstić information content (AvgIpc) is 2.26. The summed E-state index contributed by atoms with van der Waals surface area (Å²) in [4.78, 5) is 13.2. The fraction of sp³-hybridized carbons (Fsp3) is 0.917. The SMILES string of the molecule is CCN(CC(C)C(=O)O)C1CCCSC1C. The van der Waals surface area contributed by atoms with Crippen molar-refractivity contribution < 1.29 is 9.90 Å². The molecule has 94 valence electrons.